The summed E-state index contributed by atoms with van der Waals surface area (Å²) in [5.74, 6) is -2.97. The molecule has 3 aromatic carbocycles. The van der Waals surface area contributed by atoms with E-state index in [0.717, 1.165) is 17.2 Å². The van der Waals surface area contributed by atoms with E-state index >= 15 is 0 Å². The molecular weight excluding hydrogens is 435 g/mol. The van der Waals surface area contributed by atoms with Crippen LogP contribution in [0.4, 0.5) is 13.2 Å². The third kappa shape index (κ3) is 4.64. The monoisotopic (exact) mass is 455 g/mol. The van der Waals surface area contributed by atoms with E-state index in [-0.39, 0.29) is 23.5 Å². The first-order chi connectivity index (χ1) is 15.3. The number of halogens is 4. The van der Waals surface area contributed by atoms with Gasteiger partial charge >= 0.3 is 0 Å². The number of carbonyl (C=O) groups is 1. The lowest BCUT2D eigenvalue weighted by Gasteiger charge is -2.26. The van der Waals surface area contributed by atoms with E-state index < -0.39 is 17.5 Å². The highest BCUT2D eigenvalue weighted by Crippen LogP contribution is 2.29. The molecule has 2 nitrogen and oxygen atoms in total. The third-order valence-electron chi connectivity index (χ3n) is 5.75. The highest BCUT2D eigenvalue weighted by Gasteiger charge is 2.22. The summed E-state index contributed by atoms with van der Waals surface area (Å²) in [5, 5.41) is 0.651. The summed E-state index contributed by atoms with van der Waals surface area (Å²) in [7, 11) is 0. The summed E-state index contributed by atoms with van der Waals surface area (Å²) in [6.07, 6.45) is 2.22. The van der Waals surface area contributed by atoms with Crippen molar-refractivity contribution in [1.82, 2.24) is 4.90 Å². The molecule has 3 aromatic rings. The summed E-state index contributed by atoms with van der Waals surface area (Å²) in [5.41, 5.74) is 2.94. The third-order valence-corrected chi connectivity index (χ3v) is 5.98. The predicted molar refractivity (Wildman–Crippen MR) is 121 cm³/mol. The highest BCUT2D eigenvalue weighted by molar-refractivity contribution is 6.30. The first-order valence-electron chi connectivity index (χ1n) is 10.3. The van der Waals surface area contributed by atoms with Crippen molar-refractivity contribution in [2.24, 2.45) is 0 Å². The molecule has 1 aliphatic heterocycles. The van der Waals surface area contributed by atoms with Gasteiger partial charge in [-0.3, -0.25) is 9.69 Å². The van der Waals surface area contributed by atoms with Crippen LogP contribution in [0.15, 0.2) is 60.7 Å². The number of rotatable bonds is 5. The van der Waals surface area contributed by atoms with Crippen LogP contribution in [-0.4, -0.2) is 30.3 Å². The van der Waals surface area contributed by atoms with Gasteiger partial charge in [0.15, 0.2) is 17.4 Å². The van der Waals surface area contributed by atoms with Crippen molar-refractivity contribution in [2.45, 2.75) is 13.3 Å². The second-order valence-corrected chi connectivity index (χ2v) is 8.32. The van der Waals surface area contributed by atoms with Crippen molar-refractivity contribution < 1.29 is 18.0 Å². The second kappa shape index (κ2) is 9.31. The summed E-state index contributed by atoms with van der Waals surface area (Å²) in [6.45, 7) is 2.40. The Hall–Kier alpha value is -2.89. The number of benzene rings is 3. The zero-order chi connectivity index (χ0) is 22.8. The maximum absolute atomic E-state index is 14.4. The minimum atomic E-state index is -1.16. The van der Waals surface area contributed by atoms with E-state index in [4.69, 9.17) is 11.6 Å². The van der Waals surface area contributed by atoms with Crippen molar-refractivity contribution in [3.8, 4) is 11.1 Å². The molecular formula is C26H21ClF3NO. The van der Waals surface area contributed by atoms with Crippen LogP contribution in [0.2, 0.25) is 5.02 Å². The lowest BCUT2D eigenvalue weighted by atomic mass is 9.96. The molecule has 0 saturated heterocycles. The fourth-order valence-corrected chi connectivity index (χ4v) is 4.07. The molecule has 1 heterocycles. The Morgan fingerprint density at radius 3 is 2.41 bits per heavy atom. The van der Waals surface area contributed by atoms with E-state index in [9.17, 15) is 18.0 Å². The van der Waals surface area contributed by atoms with Gasteiger partial charge in [-0.15, -0.1) is 0 Å². The van der Waals surface area contributed by atoms with Crippen molar-refractivity contribution in [1.29, 1.82) is 0 Å². The molecule has 0 fully saturated rings. The van der Waals surface area contributed by atoms with Gasteiger partial charge in [0.2, 0.25) is 0 Å². The van der Waals surface area contributed by atoms with Gasteiger partial charge in [0.1, 0.15) is 5.82 Å². The Labute approximate surface area is 189 Å². The number of hydrogen-bond acceptors (Lipinski definition) is 2. The Bertz CT molecular complexity index is 1200. The molecule has 4 rings (SSSR count). The largest absolute Gasteiger partial charge is 0.293 e. The topological polar surface area (TPSA) is 20.3 Å². The molecule has 0 atom stereocenters. The number of hydrogen-bond donors (Lipinski definition) is 0. The standard InChI is InChI=1S/C26H21ClF3NO/c1-16-25(29)22(14-23(28)26(16)30)18-9-11-31(12-10-18)15-24(32)19-7-5-17(6-8-19)20-3-2-4-21(27)13-20/h2-9,13-14H,10-12,15H2,1H3. The zero-order valence-electron chi connectivity index (χ0n) is 17.5. The van der Waals surface area contributed by atoms with E-state index in [1.54, 1.807) is 18.2 Å². The number of carbonyl (C=O) groups excluding carboxylic acids is 1. The van der Waals surface area contributed by atoms with Crippen LogP contribution < -0.4 is 0 Å². The molecule has 0 amide bonds. The Kier molecular flexibility index (Phi) is 6.49. The molecule has 0 spiro atoms. The minimum absolute atomic E-state index is 0.0191. The first-order valence-corrected chi connectivity index (χ1v) is 10.7. The van der Waals surface area contributed by atoms with E-state index in [1.165, 1.54) is 6.92 Å². The summed E-state index contributed by atoms with van der Waals surface area (Å²) >= 11 is 6.04. The SMILES string of the molecule is Cc1c(F)c(F)cc(C2=CCN(CC(=O)c3ccc(-c4cccc(Cl)c4)cc3)CC2)c1F. The quantitative estimate of drug-likeness (QED) is 0.315. The molecule has 0 aromatic heterocycles. The van der Waals surface area contributed by atoms with Gasteiger partial charge in [0, 0.05) is 34.8 Å². The van der Waals surface area contributed by atoms with Gasteiger partial charge < -0.3 is 0 Å². The summed E-state index contributed by atoms with van der Waals surface area (Å²) in [4.78, 5) is 14.7. The Morgan fingerprint density at radius 2 is 1.75 bits per heavy atom. The zero-order valence-corrected chi connectivity index (χ0v) is 18.2. The molecule has 32 heavy (non-hydrogen) atoms. The van der Waals surface area contributed by atoms with Crippen LogP contribution in [-0.2, 0) is 0 Å². The molecule has 0 aliphatic carbocycles. The van der Waals surface area contributed by atoms with Gasteiger partial charge in [-0.05, 0) is 48.2 Å². The van der Waals surface area contributed by atoms with Crippen LogP contribution in [0.3, 0.4) is 0 Å². The maximum atomic E-state index is 14.4. The molecule has 1 aliphatic rings. The van der Waals surface area contributed by atoms with Crippen LogP contribution in [0.5, 0.6) is 0 Å². The van der Waals surface area contributed by atoms with E-state index in [0.29, 0.717) is 35.7 Å². The van der Waals surface area contributed by atoms with Crippen LogP contribution in [0.25, 0.3) is 16.7 Å². The average Bonchev–Trinajstić information content (AvgIpc) is 2.81. The second-order valence-electron chi connectivity index (χ2n) is 7.88. The molecule has 0 N–H and O–H groups in total. The van der Waals surface area contributed by atoms with Crippen LogP contribution >= 0.6 is 11.6 Å². The molecule has 0 unspecified atom stereocenters. The lowest BCUT2D eigenvalue weighted by molar-refractivity contribution is 0.0937. The van der Waals surface area contributed by atoms with Crippen LogP contribution in [0, 0.1) is 24.4 Å². The van der Waals surface area contributed by atoms with Gasteiger partial charge in [-0.1, -0.05) is 54.1 Å². The first kappa shape index (κ1) is 22.3. The summed E-state index contributed by atoms with van der Waals surface area (Å²) in [6, 6.07) is 15.8. The fourth-order valence-electron chi connectivity index (χ4n) is 3.88. The molecule has 0 bridgehead atoms. The van der Waals surface area contributed by atoms with Gasteiger partial charge in [-0.2, -0.15) is 0 Å². The molecule has 0 saturated carbocycles. The summed E-state index contributed by atoms with van der Waals surface area (Å²) < 4.78 is 41.7. The van der Waals surface area contributed by atoms with Crippen LogP contribution in [0.1, 0.15) is 27.9 Å². The molecule has 164 valence electrons. The number of ketones is 1. The highest BCUT2D eigenvalue weighted by atomic mass is 35.5. The van der Waals surface area contributed by atoms with Crippen molar-refractivity contribution in [3.63, 3.8) is 0 Å². The average molecular weight is 456 g/mol. The van der Waals surface area contributed by atoms with Gasteiger partial charge in [0.05, 0.1) is 6.54 Å². The maximum Gasteiger partial charge on any atom is 0.176 e. The molecule has 0 radical (unpaired) electrons. The lowest BCUT2D eigenvalue weighted by Crippen LogP contribution is -2.33. The smallest absolute Gasteiger partial charge is 0.176 e. The number of nitrogens with zero attached hydrogens (tertiary/aromatic N) is 1. The van der Waals surface area contributed by atoms with Gasteiger partial charge in [-0.25, -0.2) is 13.2 Å². The fraction of sp³-hybridized carbons (Fsp3) is 0.192. The normalized spacial score (nSPS) is 14.3. The van der Waals surface area contributed by atoms with E-state index in [1.807, 2.05) is 41.3 Å². The van der Waals surface area contributed by atoms with Gasteiger partial charge in [0.25, 0.3) is 0 Å². The predicted octanol–water partition coefficient (Wildman–Crippen LogP) is 6.70. The number of Topliss-reactive ketones (excluding diaryl/α,β-unsaturated/α-hetero) is 1. The van der Waals surface area contributed by atoms with Crippen molar-refractivity contribution in [3.05, 3.63) is 99.8 Å². The Morgan fingerprint density at radius 1 is 1.00 bits per heavy atom. The van der Waals surface area contributed by atoms with Crippen molar-refractivity contribution >= 4 is 23.0 Å². The Balaban J connectivity index is 1.42. The van der Waals surface area contributed by atoms with Crippen molar-refractivity contribution in [2.75, 3.05) is 19.6 Å². The molecule has 6 heteroatoms. The minimum Gasteiger partial charge on any atom is -0.293 e. The van der Waals surface area contributed by atoms with E-state index in [2.05, 4.69) is 0 Å².